The predicted molar refractivity (Wildman–Crippen MR) is 100 cm³/mol. The Morgan fingerprint density at radius 2 is 1.58 bits per heavy atom. The summed E-state index contributed by atoms with van der Waals surface area (Å²) in [6, 6.07) is 16.0. The molecule has 1 saturated carbocycles. The molecule has 6 heteroatoms. The summed E-state index contributed by atoms with van der Waals surface area (Å²) in [4.78, 5) is 12.1. The number of Topliss-reactive ketones (excluding diaryl/α,β-unsaturated/α-hetero) is 1. The minimum Gasteiger partial charge on any atom is -0.389 e. The highest BCUT2D eigenvalue weighted by Crippen LogP contribution is 2.27. The van der Waals surface area contributed by atoms with E-state index in [0.29, 0.717) is 12.8 Å². The van der Waals surface area contributed by atoms with Gasteiger partial charge in [-0.15, -0.1) is 0 Å². The third-order valence-corrected chi connectivity index (χ3v) is 6.42. The molecule has 0 saturated heterocycles. The van der Waals surface area contributed by atoms with Crippen LogP contribution in [0.5, 0.6) is 0 Å². The Morgan fingerprint density at radius 1 is 0.962 bits per heavy atom. The molecule has 1 fully saturated rings. The van der Waals surface area contributed by atoms with Gasteiger partial charge in [-0.05, 0) is 36.1 Å². The van der Waals surface area contributed by atoms with E-state index in [2.05, 4.69) is 4.72 Å². The Labute approximate surface area is 154 Å². The lowest BCUT2D eigenvalue weighted by atomic mass is 9.82. The van der Waals surface area contributed by atoms with Gasteiger partial charge < -0.3 is 5.11 Å². The fraction of sp³-hybridized carbons (Fsp3) is 0.350. The molecule has 2 N–H and O–H groups in total. The van der Waals surface area contributed by atoms with Gasteiger partial charge in [-0.25, -0.2) is 13.1 Å². The number of ketones is 1. The summed E-state index contributed by atoms with van der Waals surface area (Å²) in [5.74, 6) is -0.746. The molecule has 26 heavy (non-hydrogen) atoms. The minimum atomic E-state index is -3.72. The third kappa shape index (κ3) is 4.20. The standard InChI is InChI=1S/C20H23NO4S/c22-14-20(23)18-8-4-5-9-19(18)21-26(24,25)17-12-10-16(11-13-17)15-6-2-1-3-7-15/h1-3,6-7,10-13,18-19,21-22H,4-5,8-9,14H2/t18?,19-/m0/s1. The van der Waals surface area contributed by atoms with E-state index in [9.17, 15) is 13.2 Å². The summed E-state index contributed by atoms with van der Waals surface area (Å²) in [5.41, 5.74) is 1.96. The molecule has 0 aliphatic heterocycles. The molecular weight excluding hydrogens is 350 g/mol. The molecule has 0 spiro atoms. The molecule has 0 aromatic heterocycles. The highest BCUT2D eigenvalue weighted by molar-refractivity contribution is 7.89. The summed E-state index contributed by atoms with van der Waals surface area (Å²) in [5, 5.41) is 9.13. The first-order valence-electron chi connectivity index (χ1n) is 8.82. The van der Waals surface area contributed by atoms with Gasteiger partial charge in [-0.3, -0.25) is 4.79 Å². The van der Waals surface area contributed by atoms with E-state index in [-0.39, 0.29) is 10.7 Å². The van der Waals surface area contributed by atoms with Crippen molar-refractivity contribution >= 4 is 15.8 Å². The number of rotatable bonds is 6. The second-order valence-corrected chi connectivity index (χ2v) is 8.35. The van der Waals surface area contributed by atoms with Crippen molar-refractivity contribution in [2.75, 3.05) is 6.61 Å². The number of sulfonamides is 1. The van der Waals surface area contributed by atoms with Crippen molar-refractivity contribution in [3.63, 3.8) is 0 Å². The van der Waals surface area contributed by atoms with Gasteiger partial charge in [-0.1, -0.05) is 55.3 Å². The molecule has 3 rings (SSSR count). The van der Waals surface area contributed by atoms with Crippen LogP contribution in [0.1, 0.15) is 25.7 Å². The number of benzene rings is 2. The van der Waals surface area contributed by atoms with Gasteiger partial charge >= 0.3 is 0 Å². The number of hydrogen-bond acceptors (Lipinski definition) is 4. The predicted octanol–water partition coefficient (Wildman–Crippen LogP) is 2.75. The zero-order valence-corrected chi connectivity index (χ0v) is 15.3. The Balaban J connectivity index is 1.78. The maximum atomic E-state index is 12.7. The molecule has 1 unspecified atom stereocenters. The van der Waals surface area contributed by atoms with E-state index in [0.717, 1.165) is 24.0 Å². The molecule has 2 aromatic rings. The van der Waals surface area contributed by atoms with Crippen molar-refractivity contribution in [3.8, 4) is 11.1 Å². The summed E-state index contributed by atoms with van der Waals surface area (Å²) in [7, 11) is -3.72. The van der Waals surface area contributed by atoms with Crippen LogP contribution in [0.2, 0.25) is 0 Å². The smallest absolute Gasteiger partial charge is 0.240 e. The fourth-order valence-corrected chi connectivity index (χ4v) is 4.81. The van der Waals surface area contributed by atoms with Crippen LogP contribution in [-0.2, 0) is 14.8 Å². The lowest BCUT2D eigenvalue weighted by molar-refractivity contribution is -0.127. The first-order chi connectivity index (χ1) is 12.5. The topological polar surface area (TPSA) is 83.5 Å². The first-order valence-corrected chi connectivity index (χ1v) is 10.3. The van der Waals surface area contributed by atoms with Crippen LogP contribution in [0.3, 0.4) is 0 Å². The van der Waals surface area contributed by atoms with Crippen LogP contribution in [-0.4, -0.2) is 32.0 Å². The van der Waals surface area contributed by atoms with Crippen molar-refractivity contribution in [1.82, 2.24) is 4.72 Å². The van der Waals surface area contributed by atoms with Crippen molar-refractivity contribution in [1.29, 1.82) is 0 Å². The zero-order valence-electron chi connectivity index (χ0n) is 14.5. The molecule has 1 aliphatic carbocycles. The van der Waals surface area contributed by atoms with E-state index in [1.165, 1.54) is 0 Å². The van der Waals surface area contributed by atoms with Crippen LogP contribution in [0.25, 0.3) is 11.1 Å². The van der Waals surface area contributed by atoms with Crippen molar-refractivity contribution in [2.45, 2.75) is 36.6 Å². The number of carbonyl (C=O) groups is 1. The molecule has 1 aliphatic rings. The van der Waals surface area contributed by atoms with Crippen molar-refractivity contribution in [2.24, 2.45) is 5.92 Å². The monoisotopic (exact) mass is 373 g/mol. The van der Waals surface area contributed by atoms with Gasteiger partial charge in [-0.2, -0.15) is 0 Å². The van der Waals surface area contributed by atoms with Gasteiger partial charge in [0.2, 0.25) is 10.0 Å². The average molecular weight is 373 g/mol. The van der Waals surface area contributed by atoms with Gasteiger partial charge in [0.15, 0.2) is 5.78 Å². The van der Waals surface area contributed by atoms with E-state index < -0.39 is 28.6 Å². The van der Waals surface area contributed by atoms with Crippen molar-refractivity contribution < 1.29 is 18.3 Å². The van der Waals surface area contributed by atoms with Crippen LogP contribution in [0.4, 0.5) is 0 Å². The maximum absolute atomic E-state index is 12.7. The van der Waals surface area contributed by atoms with Crippen LogP contribution >= 0.6 is 0 Å². The van der Waals surface area contributed by atoms with Gasteiger partial charge in [0.05, 0.1) is 4.90 Å². The lowest BCUT2D eigenvalue weighted by Gasteiger charge is -2.30. The van der Waals surface area contributed by atoms with Crippen molar-refractivity contribution in [3.05, 3.63) is 54.6 Å². The summed E-state index contributed by atoms with van der Waals surface area (Å²) < 4.78 is 28.1. The van der Waals surface area contributed by atoms with Crippen LogP contribution in [0, 0.1) is 5.92 Å². The molecule has 5 nitrogen and oxygen atoms in total. The molecule has 0 heterocycles. The molecular formula is C20H23NO4S. The SMILES string of the molecule is O=C(CO)C1CCCC[C@@H]1NS(=O)(=O)c1ccc(-c2ccccc2)cc1. The van der Waals surface area contributed by atoms with Gasteiger partial charge in [0, 0.05) is 12.0 Å². The molecule has 138 valence electrons. The molecule has 0 radical (unpaired) electrons. The van der Waals surface area contributed by atoms with E-state index >= 15 is 0 Å². The molecule has 2 aromatic carbocycles. The molecule has 0 amide bonds. The zero-order chi connectivity index (χ0) is 18.6. The first kappa shape index (κ1) is 18.8. The Bertz CT molecular complexity index is 847. The largest absolute Gasteiger partial charge is 0.389 e. The summed E-state index contributed by atoms with van der Waals surface area (Å²) in [6.45, 7) is -0.547. The number of carbonyl (C=O) groups excluding carboxylic acids is 1. The highest BCUT2D eigenvalue weighted by Gasteiger charge is 2.33. The normalized spacial score (nSPS) is 20.7. The van der Waals surface area contributed by atoms with Gasteiger partial charge in [0.1, 0.15) is 6.61 Å². The van der Waals surface area contributed by atoms with Crippen LogP contribution < -0.4 is 4.72 Å². The van der Waals surface area contributed by atoms with E-state index in [4.69, 9.17) is 5.11 Å². The summed E-state index contributed by atoms with van der Waals surface area (Å²) in [6.07, 6.45) is 2.97. The number of hydrogen-bond donors (Lipinski definition) is 2. The second-order valence-electron chi connectivity index (χ2n) is 6.63. The second kappa shape index (κ2) is 8.12. The number of aliphatic hydroxyl groups excluding tert-OH is 1. The Hall–Kier alpha value is -2.02. The average Bonchev–Trinajstić information content (AvgIpc) is 2.68. The lowest BCUT2D eigenvalue weighted by Crippen LogP contribution is -2.45. The quantitative estimate of drug-likeness (QED) is 0.816. The molecule has 2 atom stereocenters. The minimum absolute atomic E-state index is 0.179. The highest BCUT2D eigenvalue weighted by atomic mass is 32.2. The number of nitrogens with one attached hydrogen (secondary N) is 1. The van der Waals surface area contributed by atoms with Gasteiger partial charge in [0.25, 0.3) is 0 Å². The third-order valence-electron chi connectivity index (χ3n) is 4.91. The van der Waals surface area contributed by atoms with E-state index in [1.54, 1.807) is 24.3 Å². The fourth-order valence-electron chi connectivity index (χ4n) is 3.50. The maximum Gasteiger partial charge on any atom is 0.240 e. The Kier molecular flexibility index (Phi) is 5.86. The number of aliphatic hydroxyl groups is 1. The Morgan fingerprint density at radius 3 is 2.23 bits per heavy atom. The van der Waals surface area contributed by atoms with Crippen LogP contribution in [0.15, 0.2) is 59.5 Å². The van der Waals surface area contributed by atoms with E-state index in [1.807, 2.05) is 30.3 Å². The summed E-state index contributed by atoms with van der Waals surface area (Å²) >= 11 is 0. The molecule has 0 bridgehead atoms.